The van der Waals surface area contributed by atoms with Crippen LogP contribution in [-0.4, -0.2) is 71.5 Å². The fraction of sp³-hybridized carbons (Fsp3) is 0.591. The molecule has 172 valence electrons. The fourth-order valence-electron chi connectivity index (χ4n) is 5.20. The van der Waals surface area contributed by atoms with Crippen LogP contribution in [0.15, 0.2) is 34.7 Å². The van der Waals surface area contributed by atoms with E-state index in [-0.39, 0.29) is 5.97 Å². The molecule has 0 radical (unpaired) electrons. The molecule has 0 unspecified atom stereocenters. The summed E-state index contributed by atoms with van der Waals surface area (Å²) in [6, 6.07) is 3.75. The van der Waals surface area contributed by atoms with E-state index in [1.807, 2.05) is 19.1 Å². The third kappa shape index (κ3) is 4.17. The van der Waals surface area contributed by atoms with E-state index in [9.17, 15) is 9.90 Å². The Labute approximate surface area is 187 Å². The molecule has 5 heterocycles. The lowest BCUT2D eigenvalue weighted by molar-refractivity contribution is -0.136. The van der Waals surface area contributed by atoms with E-state index < -0.39 is 6.10 Å². The Bertz CT molecular complexity index is 916. The number of hydrogen-bond acceptors (Lipinski definition) is 10. The second-order valence-electron chi connectivity index (χ2n) is 9.24. The Hall–Kier alpha value is -2.69. The lowest BCUT2D eigenvalue weighted by atomic mass is 9.71. The SMILES string of the molecule is CC1=C(N2CCC3(CCN(C[C@@H](O)c4ccnc(N5C=NNN5)c4)CC3)CC2)COC1=O. The van der Waals surface area contributed by atoms with Crippen molar-refractivity contribution < 1.29 is 14.6 Å². The van der Waals surface area contributed by atoms with Crippen LogP contribution in [0.3, 0.4) is 0 Å². The van der Waals surface area contributed by atoms with E-state index in [1.165, 1.54) is 0 Å². The van der Waals surface area contributed by atoms with Crippen molar-refractivity contribution in [2.75, 3.05) is 44.3 Å². The number of aromatic nitrogens is 1. The Morgan fingerprint density at radius 1 is 1.22 bits per heavy atom. The molecule has 1 atom stereocenters. The van der Waals surface area contributed by atoms with Crippen LogP contribution >= 0.6 is 0 Å². The lowest BCUT2D eigenvalue weighted by Crippen LogP contribution is -2.47. The molecule has 4 aliphatic heterocycles. The van der Waals surface area contributed by atoms with Gasteiger partial charge in [-0.3, -0.25) is 0 Å². The monoisotopic (exact) mass is 441 g/mol. The Morgan fingerprint density at radius 3 is 2.62 bits per heavy atom. The first kappa shape index (κ1) is 21.2. The number of rotatable bonds is 5. The molecule has 1 spiro atoms. The van der Waals surface area contributed by atoms with E-state index in [2.05, 4.69) is 31.0 Å². The topological polar surface area (TPSA) is 106 Å². The van der Waals surface area contributed by atoms with Gasteiger partial charge in [0.25, 0.3) is 0 Å². The molecular weight excluding hydrogens is 410 g/mol. The number of esters is 1. The predicted octanol–water partition coefficient (Wildman–Crippen LogP) is 0.896. The minimum atomic E-state index is -0.560. The van der Waals surface area contributed by atoms with Crippen LogP contribution in [0.25, 0.3) is 0 Å². The second kappa shape index (κ2) is 8.68. The van der Waals surface area contributed by atoms with Crippen molar-refractivity contribution >= 4 is 18.1 Å². The van der Waals surface area contributed by atoms with Gasteiger partial charge >= 0.3 is 5.97 Å². The summed E-state index contributed by atoms with van der Waals surface area (Å²) in [5, 5.41) is 16.4. The Balaban J connectivity index is 1.13. The maximum absolute atomic E-state index is 11.7. The first-order valence-corrected chi connectivity index (χ1v) is 11.3. The van der Waals surface area contributed by atoms with Gasteiger partial charge in [-0.1, -0.05) is 0 Å². The highest BCUT2D eigenvalue weighted by Crippen LogP contribution is 2.42. The van der Waals surface area contributed by atoms with Crippen molar-refractivity contribution in [3.05, 3.63) is 35.2 Å². The zero-order chi connectivity index (χ0) is 22.1. The summed E-state index contributed by atoms with van der Waals surface area (Å²) in [5.74, 6) is 0.509. The maximum atomic E-state index is 11.7. The highest BCUT2D eigenvalue weighted by Gasteiger charge is 2.39. The first-order chi connectivity index (χ1) is 15.5. The molecule has 0 aliphatic carbocycles. The molecule has 2 saturated heterocycles. The van der Waals surface area contributed by atoms with Gasteiger partial charge in [-0.2, -0.15) is 5.10 Å². The van der Waals surface area contributed by atoms with E-state index in [4.69, 9.17) is 4.74 Å². The standard InChI is InChI=1S/C22H31N7O3/c1-16-18(14-32-21(16)31)28-10-5-22(6-11-28)3-8-27(9-4-22)13-19(30)17-2-7-23-20(12-17)29-15-24-25-26-29/h2,7,12,15,19,25-26,30H,3-6,8-11,13-14H2,1H3/t19-/m1/s1. The minimum Gasteiger partial charge on any atom is -0.456 e. The van der Waals surface area contributed by atoms with Gasteiger partial charge < -0.3 is 19.6 Å². The van der Waals surface area contributed by atoms with Gasteiger partial charge in [0.15, 0.2) is 0 Å². The average Bonchev–Trinajstić information content (AvgIpc) is 3.47. The third-order valence-corrected chi connectivity index (χ3v) is 7.44. The van der Waals surface area contributed by atoms with Crippen molar-refractivity contribution in [1.29, 1.82) is 0 Å². The lowest BCUT2D eigenvalue weighted by Gasteiger charge is -2.47. The third-order valence-electron chi connectivity index (χ3n) is 7.44. The number of nitrogens with zero attached hydrogens (tertiary/aromatic N) is 5. The number of carbonyl (C=O) groups excluding carboxylic acids is 1. The molecule has 1 aromatic rings. The van der Waals surface area contributed by atoms with Crippen molar-refractivity contribution in [3.8, 4) is 0 Å². The van der Waals surface area contributed by atoms with Gasteiger partial charge in [-0.05, 0) is 68.8 Å². The smallest absolute Gasteiger partial charge is 0.335 e. The number of aliphatic hydroxyl groups excluding tert-OH is 1. The Kier molecular flexibility index (Phi) is 5.75. The van der Waals surface area contributed by atoms with E-state index in [0.29, 0.717) is 24.4 Å². The molecule has 0 bridgehead atoms. The number of likely N-dealkylation sites (tertiary alicyclic amines) is 2. The van der Waals surface area contributed by atoms with Crippen LogP contribution in [0.5, 0.6) is 0 Å². The van der Waals surface area contributed by atoms with E-state index >= 15 is 0 Å². The molecule has 32 heavy (non-hydrogen) atoms. The highest BCUT2D eigenvalue weighted by molar-refractivity contribution is 5.90. The van der Waals surface area contributed by atoms with Crippen LogP contribution in [0.1, 0.15) is 44.3 Å². The second-order valence-corrected chi connectivity index (χ2v) is 9.24. The number of hydrogen-bond donors (Lipinski definition) is 3. The van der Waals surface area contributed by atoms with E-state index in [1.54, 1.807) is 17.5 Å². The number of nitrogens with one attached hydrogen (secondary N) is 2. The van der Waals surface area contributed by atoms with E-state index in [0.717, 1.165) is 68.7 Å². The molecule has 3 N–H and O–H groups in total. The van der Waals surface area contributed by atoms with Crippen molar-refractivity contribution in [1.82, 2.24) is 25.9 Å². The molecule has 0 saturated carbocycles. The number of piperidine rings is 2. The van der Waals surface area contributed by atoms with Crippen molar-refractivity contribution in [3.63, 3.8) is 0 Å². The number of cyclic esters (lactones) is 1. The maximum Gasteiger partial charge on any atom is 0.335 e. The number of hydrazone groups is 1. The average molecular weight is 442 g/mol. The number of anilines is 1. The first-order valence-electron chi connectivity index (χ1n) is 11.3. The van der Waals surface area contributed by atoms with Crippen LogP contribution in [-0.2, 0) is 9.53 Å². The normalized spacial score (nSPS) is 24.2. The van der Waals surface area contributed by atoms with Gasteiger partial charge in [0, 0.05) is 25.8 Å². The Morgan fingerprint density at radius 2 is 1.97 bits per heavy atom. The minimum absolute atomic E-state index is 0.171. The van der Waals surface area contributed by atoms with Gasteiger partial charge in [-0.25, -0.2) is 20.3 Å². The summed E-state index contributed by atoms with van der Waals surface area (Å²) in [4.78, 5) is 20.7. The molecule has 5 rings (SSSR count). The molecule has 0 aromatic carbocycles. The van der Waals surface area contributed by atoms with Crippen molar-refractivity contribution in [2.45, 2.75) is 38.7 Å². The molecular formula is C22H31N7O3. The number of carbonyl (C=O) groups is 1. The van der Waals surface area contributed by atoms with Gasteiger partial charge in [0.2, 0.25) is 0 Å². The van der Waals surface area contributed by atoms with Crippen LogP contribution in [0, 0.1) is 5.41 Å². The van der Waals surface area contributed by atoms with Crippen LogP contribution < -0.4 is 16.1 Å². The zero-order valence-corrected chi connectivity index (χ0v) is 18.5. The summed E-state index contributed by atoms with van der Waals surface area (Å²) in [5.41, 5.74) is 8.58. The van der Waals surface area contributed by atoms with Crippen molar-refractivity contribution in [2.24, 2.45) is 10.5 Å². The van der Waals surface area contributed by atoms with Gasteiger partial charge in [0.05, 0.1) is 17.4 Å². The molecule has 1 aromatic heterocycles. The summed E-state index contributed by atoms with van der Waals surface area (Å²) in [7, 11) is 0. The highest BCUT2D eigenvalue weighted by atomic mass is 16.5. The molecule has 0 amide bonds. The van der Waals surface area contributed by atoms with Gasteiger partial charge in [0.1, 0.15) is 18.8 Å². The number of ether oxygens (including phenoxy) is 1. The molecule has 4 aliphatic rings. The van der Waals surface area contributed by atoms with Gasteiger partial charge in [-0.15, -0.1) is 5.53 Å². The van der Waals surface area contributed by atoms with Crippen LogP contribution in [0.2, 0.25) is 0 Å². The zero-order valence-electron chi connectivity index (χ0n) is 18.5. The van der Waals surface area contributed by atoms with Crippen LogP contribution in [0.4, 0.5) is 5.82 Å². The largest absolute Gasteiger partial charge is 0.456 e. The number of hydrazine groups is 2. The molecule has 10 heteroatoms. The predicted molar refractivity (Wildman–Crippen MR) is 119 cm³/mol. The number of β-amino-alcohol motifs (C(OH)–C–C–N with tert-alkyl or cyclic N) is 1. The quantitative estimate of drug-likeness (QED) is 0.575. The summed E-state index contributed by atoms with van der Waals surface area (Å²) >= 11 is 0. The number of aliphatic hydroxyl groups is 1. The summed E-state index contributed by atoms with van der Waals surface area (Å²) in [6.07, 6.45) is 7.37. The summed E-state index contributed by atoms with van der Waals surface area (Å²) < 4.78 is 5.19. The number of pyridine rings is 1. The molecule has 2 fully saturated rings. The fourth-order valence-corrected chi connectivity index (χ4v) is 5.20. The molecule has 10 nitrogen and oxygen atoms in total. The summed E-state index contributed by atoms with van der Waals surface area (Å²) in [6.45, 7) is 6.92.